The van der Waals surface area contributed by atoms with Gasteiger partial charge in [-0.3, -0.25) is 14.8 Å². The third-order valence-corrected chi connectivity index (χ3v) is 6.08. The van der Waals surface area contributed by atoms with Crippen molar-refractivity contribution in [3.05, 3.63) is 70.4 Å². The van der Waals surface area contributed by atoms with E-state index in [9.17, 15) is 26.9 Å². The molecule has 0 amide bonds. The first-order valence-electron chi connectivity index (χ1n) is 7.94. The maximum absolute atomic E-state index is 12.7. The number of aromatic nitrogens is 2. The van der Waals surface area contributed by atoms with Crippen molar-refractivity contribution < 1.29 is 21.8 Å². The summed E-state index contributed by atoms with van der Waals surface area (Å²) in [5, 5.41) is 20.0. The number of rotatable bonds is 6. The molecule has 2 aromatic carbocycles. The van der Waals surface area contributed by atoms with Crippen molar-refractivity contribution in [1.82, 2.24) is 9.78 Å². The predicted molar refractivity (Wildman–Crippen MR) is 104 cm³/mol. The number of nitrogens with one attached hydrogen (secondary N) is 1. The maximum Gasteiger partial charge on any atom is 0.269 e. The molecule has 0 saturated carbocycles. The minimum absolute atomic E-state index is 0.0670. The normalized spacial score (nSPS) is 11.9. The molecule has 13 heteroatoms. The van der Waals surface area contributed by atoms with E-state index in [1.807, 2.05) is 0 Å². The summed E-state index contributed by atoms with van der Waals surface area (Å²) in [5.74, 6) is 0.0670. The van der Waals surface area contributed by atoms with Gasteiger partial charge in [0.1, 0.15) is 5.82 Å². The molecule has 1 heterocycles. The van der Waals surface area contributed by atoms with Gasteiger partial charge in [-0.1, -0.05) is 6.07 Å². The summed E-state index contributed by atoms with van der Waals surface area (Å²) < 4.78 is 52.1. The molecule has 0 unspecified atom stereocenters. The molecule has 0 radical (unpaired) electrons. The summed E-state index contributed by atoms with van der Waals surface area (Å²) in [7, 11) is -8.26. The van der Waals surface area contributed by atoms with Gasteiger partial charge in [-0.05, 0) is 37.3 Å². The lowest BCUT2D eigenvalue weighted by Crippen LogP contribution is -2.17. The van der Waals surface area contributed by atoms with Crippen molar-refractivity contribution >= 4 is 31.6 Å². The van der Waals surface area contributed by atoms with Crippen molar-refractivity contribution in [2.24, 2.45) is 5.14 Å². The molecule has 152 valence electrons. The summed E-state index contributed by atoms with van der Waals surface area (Å²) in [5.41, 5.74) is 0.749. The molecular formula is C16H15N5O6S2. The lowest BCUT2D eigenvalue weighted by Gasteiger charge is -2.11. The number of primary sulfonamides is 1. The first-order valence-corrected chi connectivity index (χ1v) is 11.0. The maximum atomic E-state index is 12.7. The molecular weight excluding hydrogens is 422 g/mol. The van der Waals surface area contributed by atoms with Gasteiger partial charge in [0.05, 0.1) is 26.1 Å². The van der Waals surface area contributed by atoms with Crippen LogP contribution in [0.1, 0.15) is 5.69 Å². The molecule has 0 atom stereocenters. The van der Waals surface area contributed by atoms with E-state index in [1.165, 1.54) is 53.2 Å². The van der Waals surface area contributed by atoms with Gasteiger partial charge in [-0.15, -0.1) is 0 Å². The van der Waals surface area contributed by atoms with Crippen LogP contribution in [0, 0.1) is 17.0 Å². The molecule has 0 saturated heterocycles. The Labute approximate surface area is 166 Å². The lowest BCUT2D eigenvalue weighted by atomic mass is 10.3. The second-order valence-electron chi connectivity index (χ2n) is 5.98. The molecule has 0 spiro atoms. The number of hydrogen-bond acceptors (Lipinski definition) is 7. The number of nitrogens with two attached hydrogens (primary N) is 1. The average molecular weight is 437 g/mol. The van der Waals surface area contributed by atoms with Gasteiger partial charge < -0.3 is 0 Å². The smallest absolute Gasteiger partial charge is 0.263 e. The van der Waals surface area contributed by atoms with Crippen LogP contribution in [-0.2, 0) is 20.0 Å². The molecule has 0 aliphatic heterocycles. The van der Waals surface area contributed by atoms with Crippen molar-refractivity contribution in [3.8, 4) is 5.69 Å². The Morgan fingerprint density at radius 3 is 2.24 bits per heavy atom. The van der Waals surface area contributed by atoms with Crippen LogP contribution in [0.5, 0.6) is 0 Å². The van der Waals surface area contributed by atoms with Gasteiger partial charge in [-0.25, -0.2) is 26.7 Å². The molecule has 0 fully saturated rings. The van der Waals surface area contributed by atoms with Gasteiger partial charge in [-0.2, -0.15) is 5.10 Å². The van der Waals surface area contributed by atoms with Crippen LogP contribution in [0.25, 0.3) is 5.69 Å². The Balaban J connectivity index is 2.00. The highest BCUT2D eigenvalue weighted by atomic mass is 32.2. The van der Waals surface area contributed by atoms with Crippen molar-refractivity contribution in [2.45, 2.75) is 16.7 Å². The van der Waals surface area contributed by atoms with E-state index in [2.05, 4.69) is 9.82 Å². The number of sulfonamides is 2. The third kappa shape index (κ3) is 4.42. The van der Waals surface area contributed by atoms with E-state index < -0.39 is 25.0 Å². The van der Waals surface area contributed by atoms with E-state index in [0.29, 0.717) is 11.4 Å². The number of nitro benzene ring substituents is 1. The molecule has 3 N–H and O–H groups in total. The summed E-state index contributed by atoms with van der Waals surface area (Å²) in [4.78, 5) is 9.59. The van der Waals surface area contributed by atoms with Crippen molar-refractivity contribution in [3.63, 3.8) is 0 Å². The van der Waals surface area contributed by atoms with Crippen LogP contribution in [0.4, 0.5) is 11.5 Å². The Morgan fingerprint density at radius 2 is 1.66 bits per heavy atom. The minimum Gasteiger partial charge on any atom is -0.263 e. The highest BCUT2D eigenvalue weighted by molar-refractivity contribution is 7.93. The average Bonchev–Trinajstić information content (AvgIpc) is 3.00. The van der Waals surface area contributed by atoms with E-state index >= 15 is 0 Å². The zero-order valence-corrected chi connectivity index (χ0v) is 16.5. The summed E-state index contributed by atoms with van der Waals surface area (Å²) in [6.07, 6.45) is 0. The Kier molecular flexibility index (Phi) is 5.13. The second kappa shape index (κ2) is 7.27. The highest BCUT2D eigenvalue weighted by Gasteiger charge is 2.20. The fourth-order valence-electron chi connectivity index (χ4n) is 2.50. The van der Waals surface area contributed by atoms with Gasteiger partial charge in [0, 0.05) is 18.2 Å². The molecule has 0 aliphatic carbocycles. The van der Waals surface area contributed by atoms with Gasteiger partial charge >= 0.3 is 0 Å². The zero-order chi connectivity index (χ0) is 21.4. The van der Waals surface area contributed by atoms with Gasteiger partial charge in [0.25, 0.3) is 15.7 Å². The topological polar surface area (TPSA) is 167 Å². The zero-order valence-electron chi connectivity index (χ0n) is 14.9. The molecule has 3 rings (SSSR count). The van der Waals surface area contributed by atoms with Gasteiger partial charge in [0.2, 0.25) is 10.0 Å². The monoisotopic (exact) mass is 437 g/mol. The number of nitro groups is 1. The predicted octanol–water partition coefficient (Wildman–Crippen LogP) is 1.54. The summed E-state index contributed by atoms with van der Waals surface area (Å²) in [6.45, 7) is 1.64. The lowest BCUT2D eigenvalue weighted by molar-refractivity contribution is -0.384. The highest BCUT2D eigenvalue weighted by Crippen LogP contribution is 2.23. The van der Waals surface area contributed by atoms with Gasteiger partial charge in [0.15, 0.2) is 0 Å². The van der Waals surface area contributed by atoms with Crippen LogP contribution in [-0.4, -0.2) is 31.5 Å². The standard InChI is InChI=1S/C16H15N5O6S2/c1-11-9-16(20(18-11)12-5-7-13(8-6-12)21(22)23)19-29(26,27)15-4-2-3-14(10-15)28(17,24)25/h2-10,19H,1H3,(H2,17,24,25). The number of benzene rings is 2. The number of hydrogen-bond donors (Lipinski definition) is 2. The Bertz CT molecular complexity index is 1300. The number of aryl methyl sites for hydroxylation is 1. The number of non-ortho nitro benzene ring substituents is 1. The first kappa shape index (κ1) is 20.4. The molecule has 0 bridgehead atoms. The molecule has 3 aromatic rings. The van der Waals surface area contributed by atoms with Crippen LogP contribution in [0.3, 0.4) is 0 Å². The largest absolute Gasteiger partial charge is 0.269 e. The van der Waals surface area contributed by atoms with E-state index in [4.69, 9.17) is 5.14 Å². The molecule has 0 aliphatic rings. The van der Waals surface area contributed by atoms with Crippen LogP contribution in [0.2, 0.25) is 0 Å². The minimum atomic E-state index is -4.17. The van der Waals surface area contributed by atoms with E-state index in [-0.39, 0.29) is 21.3 Å². The fraction of sp³-hybridized carbons (Fsp3) is 0.0625. The molecule has 1 aromatic heterocycles. The molecule has 11 nitrogen and oxygen atoms in total. The quantitative estimate of drug-likeness (QED) is 0.435. The Hall–Kier alpha value is -3.29. The van der Waals surface area contributed by atoms with Crippen molar-refractivity contribution in [1.29, 1.82) is 0 Å². The van der Waals surface area contributed by atoms with Crippen LogP contribution in [0.15, 0.2) is 64.4 Å². The first-order chi connectivity index (χ1) is 13.5. The van der Waals surface area contributed by atoms with Crippen LogP contribution < -0.4 is 9.86 Å². The van der Waals surface area contributed by atoms with Crippen molar-refractivity contribution in [2.75, 3.05) is 4.72 Å². The molecule has 29 heavy (non-hydrogen) atoms. The van der Waals surface area contributed by atoms with Crippen LogP contribution >= 0.6 is 0 Å². The fourth-order valence-corrected chi connectivity index (χ4v) is 4.21. The Morgan fingerprint density at radius 1 is 1.03 bits per heavy atom. The SMILES string of the molecule is Cc1cc(NS(=O)(=O)c2cccc(S(N)(=O)=O)c2)n(-c2ccc([N+](=O)[O-])cc2)n1. The number of anilines is 1. The third-order valence-electron chi connectivity index (χ3n) is 3.82. The summed E-state index contributed by atoms with van der Waals surface area (Å²) >= 11 is 0. The summed E-state index contributed by atoms with van der Waals surface area (Å²) in [6, 6.07) is 11.4. The number of nitrogens with zero attached hydrogens (tertiary/aromatic N) is 3. The van der Waals surface area contributed by atoms with E-state index in [0.717, 1.165) is 6.07 Å². The van der Waals surface area contributed by atoms with E-state index in [1.54, 1.807) is 6.92 Å². The second-order valence-corrected chi connectivity index (χ2v) is 9.23.